The van der Waals surface area contributed by atoms with E-state index >= 15 is 0 Å². The molecule has 9 heteroatoms. The van der Waals surface area contributed by atoms with Gasteiger partial charge in [-0.2, -0.15) is 0 Å². The summed E-state index contributed by atoms with van der Waals surface area (Å²) in [6.07, 6.45) is 1.40. The lowest BCUT2D eigenvalue weighted by Gasteiger charge is -2.19. The van der Waals surface area contributed by atoms with Crippen molar-refractivity contribution < 1.29 is 19.1 Å². The number of aromatic nitrogens is 2. The standard InChI is InChI=1S/C26H23N5O4/c1-15(30-25-20-7-3-6-19(24(27)32)23(20)28-14-29-25)16-4-2-5-18(12-16)31-26(33)17-8-9-21-22(13-17)35-11-10-34-21/h2-9,12-15H,10-11H2,1H3,(H2,27,32)(H,31,33)(H,28,29,30)/t15-/m1/s1. The summed E-state index contributed by atoms with van der Waals surface area (Å²) in [4.78, 5) is 33.2. The molecule has 9 nitrogen and oxygen atoms in total. The van der Waals surface area contributed by atoms with Gasteiger partial charge in [-0.1, -0.05) is 18.2 Å². The predicted molar refractivity (Wildman–Crippen MR) is 132 cm³/mol. The van der Waals surface area contributed by atoms with Crippen molar-refractivity contribution in [3.63, 3.8) is 0 Å². The summed E-state index contributed by atoms with van der Waals surface area (Å²) in [7, 11) is 0. The Labute approximate surface area is 201 Å². The molecule has 2 heterocycles. The van der Waals surface area contributed by atoms with Crippen molar-refractivity contribution in [2.24, 2.45) is 5.73 Å². The van der Waals surface area contributed by atoms with Crippen LogP contribution in [0, 0.1) is 0 Å². The van der Waals surface area contributed by atoms with Gasteiger partial charge in [-0.25, -0.2) is 9.97 Å². The van der Waals surface area contributed by atoms with Crippen molar-refractivity contribution in [1.82, 2.24) is 9.97 Å². The summed E-state index contributed by atoms with van der Waals surface area (Å²) in [5, 5.41) is 6.99. The monoisotopic (exact) mass is 469 g/mol. The molecule has 1 aromatic heterocycles. The van der Waals surface area contributed by atoms with Crippen molar-refractivity contribution in [3.8, 4) is 11.5 Å². The molecule has 35 heavy (non-hydrogen) atoms. The van der Waals surface area contributed by atoms with Crippen LogP contribution in [0.15, 0.2) is 67.0 Å². The van der Waals surface area contributed by atoms with Crippen LogP contribution in [-0.2, 0) is 0 Å². The molecule has 1 atom stereocenters. The van der Waals surface area contributed by atoms with Gasteiger partial charge in [-0.3, -0.25) is 9.59 Å². The number of primary amides is 1. The second kappa shape index (κ2) is 9.30. The Balaban J connectivity index is 1.34. The number of ether oxygens (including phenoxy) is 2. The van der Waals surface area contributed by atoms with Crippen molar-refractivity contribution >= 4 is 34.2 Å². The number of anilines is 2. The van der Waals surface area contributed by atoms with E-state index in [-0.39, 0.29) is 11.9 Å². The first-order chi connectivity index (χ1) is 17.0. The highest BCUT2D eigenvalue weighted by Gasteiger charge is 2.17. The summed E-state index contributed by atoms with van der Waals surface area (Å²) in [6.45, 7) is 2.93. The number of hydrogen-bond donors (Lipinski definition) is 3. The number of fused-ring (bicyclic) bond motifs is 2. The van der Waals surface area contributed by atoms with Crippen LogP contribution in [0.1, 0.15) is 39.2 Å². The number of carbonyl (C=O) groups excluding carboxylic acids is 2. The largest absolute Gasteiger partial charge is 0.486 e. The van der Waals surface area contributed by atoms with Crippen LogP contribution in [0.5, 0.6) is 11.5 Å². The van der Waals surface area contributed by atoms with Gasteiger partial charge in [0.05, 0.1) is 17.1 Å². The maximum absolute atomic E-state index is 12.8. The maximum Gasteiger partial charge on any atom is 0.255 e. The topological polar surface area (TPSA) is 128 Å². The molecule has 4 aromatic rings. The summed E-state index contributed by atoms with van der Waals surface area (Å²) in [5.41, 5.74) is 8.38. The molecule has 1 aliphatic rings. The lowest BCUT2D eigenvalue weighted by atomic mass is 10.1. The number of nitrogens with one attached hydrogen (secondary N) is 2. The average Bonchev–Trinajstić information content (AvgIpc) is 2.88. The van der Waals surface area contributed by atoms with Gasteiger partial charge in [-0.15, -0.1) is 0 Å². The van der Waals surface area contributed by atoms with E-state index < -0.39 is 5.91 Å². The molecular formula is C26H23N5O4. The van der Waals surface area contributed by atoms with E-state index in [1.54, 1.807) is 30.3 Å². The Morgan fingerprint density at radius 3 is 2.60 bits per heavy atom. The average molecular weight is 470 g/mol. The molecule has 0 saturated heterocycles. The smallest absolute Gasteiger partial charge is 0.255 e. The van der Waals surface area contributed by atoms with Crippen molar-refractivity contribution in [2.45, 2.75) is 13.0 Å². The van der Waals surface area contributed by atoms with Crippen LogP contribution in [0.4, 0.5) is 11.5 Å². The third-order valence-electron chi connectivity index (χ3n) is 5.73. The summed E-state index contributed by atoms with van der Waals surface area (Å²) in [6, 6.07) is 17.7. The number of carbonyl (C=O) groups is 2. The Morgan fingerprint density at radius 1 is 0.971 bits per heavy atom. The highest BCUT2D eigenvalue weighted by Crippen LogP contribution is 2.31. The van der Waals surface area contributed by atoms with Gasteiger partial charge in [0, 0.05) is 16.6 Å². The number of nitrogens with two attached hydrogens (primary N) is 1. The highest BCUT2D eigenvalue weighted by atomic mass is 16.6. The molecule has 2 amide bonds. The first-order valence-electron chi connectivity index (χ1n) is 11.1. The van der Waals surface area contributed by atoms with E-state index in [1.165, 1.54) is 6.33 Å². The van der Waals surface area contributed by atoms with Crippen molar-refractivity contribution in [1.29, 1.82) is 0 Å². The molecule has 0 bridgehead atoms. The van der Waals surface area contributed by atoms with Gasteiger partial charge in [0.2, 0.25) is 0 Å². The molecule has 4 N–H and O–H groups in total. The van der Waals surface area contributed by atoms with Gasteiger partial charge in [0.25, 0.3) is 11.8 Å². The molecule has 5 rings (SSSR count). The minimum atomic E-state index is -0.547. The fourth-order valence-electron chi connectivity index (χ4n) is 3.96. The van der Waals surface area contributed by atoms with E-state index in [0.717, 1.165) is 5.56 Å². The predicted octanol–water partition coefficient (Wildman–Crippen LogP) is 3.93. The Bertz CT molecular complexity index is 1440. The second-order valence-electron chi connectivity index (χ2n) is 8.09. The zero-order valence-corrected chi connectivity index (χ0v) is 18.9. The Kier molecular flexibility index (Phi) is 5.88. The normalized spacial score (nSPS) is 13.2. The third kappa shape index (κ3) is 4.56. The van der Waals surface area contributed by atoms with Gasteiger partial charge in [-0.05, 0) is 55.0 Å². The first kappa shape index (κ1) is 22.1. The molecule has 0 saturated carbocycles. The summed E-state index contributed by atoms with van der Waals surface area (Å²) in [5.74, 6) is 0.980. The maximum atomic E-state index is 12.8. The highest BCUT2D eigenvalue weighted by molar-refractivity contribution is 6.07. The number of hydrogen-bond acceptors (Lipinski definition) is 7. The van der Waals surface area contributed by atoms with E-state index in [1.807, 2.05) is 37.3 Å². The van der Waals surface area contributed by atoms with Crippen LogP contribution in [0.25, 0.3) is 10.9 Å². The first-order valence-corrected chi connectivity index (χ1v) is 11.1. The number of amides is 2. The number of nitrogens with zero attached hydrogens (tertiary/aromatic N) is 2. The number of rotatable bonds is 6. The lowest BCUT2D eigenvalue weighted by Crippen LogP contribution is -2.17. The minimum Gasteiger partial charge on any atom is -0.486 e. The minimum absolute atomic E-state index is 0.156. The van der Waals surface area contributed by atoms with Gasteiger partial charge in [0.1, 0.15) is 25.4 Å². The molecule has 0 radical (unpaired) electrons. The lowest BCUT2D eigenvalue weighted by molar-refractivity contribution is 0.0998. The molecule has 0 spiro atoms. The molecule has 176 valence electrons. The quantitative estimate of drug-likeness (QED) is 0.390. The summed E-state index contributed by atoms with van der Waals surface area (Å²) >= 11 is 0. The second-order valence-corrected chi connectivity index (χ2v) is 8.09. The number of para-hydroxylation sites is 1. The van der Waals surface area contributed by atoms with Gasteiger partial charge < -0.3 is 25.8 Å². The number of benzene rings is 3. The SMILES string of the molecule is C[C@@H](Nc1ncnc2c(C(N)=O)cccc12)c1cccc(NC(=O)c2ccc3c(c2)OCCO3)c1. The van der Waals surface area contributed by atoms with E-state index in [9.17, 15) is 9.59 Å². The van der Waals surface area contributed by atoms with Crippen LogP contribution in [-0.4, -0.2) is 35.0 Å². The van der Waals surface area contributed by atoms with Crippen LogP contribution < -0.4 is 25.8 Å². The molecule has 0 fully saturated rings. The van der Waals surface area contributed by atoms with E-state index in [4.69, 9.17) is 15.2 Å². The van der Waals surface area contributed by atoms with E-state index in [0.29, 0.717) is 58.2 Å². The van der Waals surface area contributed by atoms with Gasteiger partial charge in [0.15, 0.2) is 11.5 Å². The molecule has 1 aliphatic heterocycles. The van der Waals surface area contributed by atoms with Crippen LogP contribution in [0.3, 0.4) is 0 Å². The molecular weight excluding hydrogens is 446 g/mol. The fraction of sp³-hybridized carbons (Fsp3) is 0.154. The van der Waals surface area contributed by atoms with Gasteiger partial charge >= 0.3 is 0 Å². The molecule has 0 aliphatic carbocycles. The molecule has 3 aromatic carbocycles. The third-order valence-corrected chi connectivity index (χ3v) is 5.73. The van der Waals surface area contributed by atoms with Crippen molar-refractivity contribution in [2.75, 3.05) is 23.8 Å². The zero-order chi connectivity index (χ0) is 24.4. The van der Waals surface area contributed by atoms with Crippen molar-refractivity contribution in [3.05, 3.63) is 83.7 Å². The zero-order valence-electron chi connectivity index (χ0n) is 18.9. The van der Waals surface area contributed by atoms with Crippen LogP contribution >= 0.6 is 0 Å². The Hall–Kier alpha value is -4.66. The molecule has 0 unspecified atom stereocenters. The fourth-order valence-corrected chi connectivity index (χ4v) is 3.96. The van der Waals surface area contributed by atoms with Crippen LogP contribution in [0.2, 0.25) is 0 Å². The summed E-state index contributed by atoms with van der Waals surface area (Å²) < 4.78 is 11.1. The van der Waals surface area contributed by atoms with E-state index in [2.05, 4.69) is 20.6 Å². The Morgan fingerprint density at radius 2 is 1.77 bits per heavy atom.